The fourth-order valence-corrected chi connectivity index (χ4v) is 3.12. The van der Waals surface area contributed by atoms with E-state index in [1.165, 1.54) is 0 Å². The van der Waals surface area contributed by atoms with Gasteiger partial charge < -0.3 is 19.4 Å². The van der Waals surface area contributed by atoms with Crippen LogP contribution >= 0.6 is 15.9 Å². The summed E-state index contributed by atoms with van der Waals surface area (Å²) in [7, 11) is 4.02. The number of nitrogens with one attached hydrogen (secondary N) is 1. The SMILES string of the molecule is Cc1c(C(=O)NCc2cccc(OCCN(C)C)c2)oc2ccc(Br)cc12. The zero-order chi connectivity index (χ0) is 19.4. The summed E-state index contributed by atoms with van der Waals surface area (Å²) in [5.74, 6) is 0.925. The van der Waals surface area contributed by atoms with Gasteiger partial charge in [-0.3, -0.25) is 4.79 Å². The summed E-state index contributed by atoms with van der Waals surface area (Å²) in [4.78, 5) is 14.6. The number of fused-ring (bicyclic) bond motifs is 1. The van der Waals surface area contributed by atoms with Crippen molar-refractivity contribution in [1.82, 2.24) is 10.2 Å². The van der Waals surface area contributed by atoms with E-state index in [1.807, 2.05) is 63.5 Å². The van der Waals surface area contributed by atoms with Crippen molar-refractivity contribution in [2.24, 2.45) is 0 Å². The van der Waals surface area contributed by atoms with Gasteiger partial charge >= 0.3 is 0 Å². The Balaban J connectivity index is 1.65. The van der Waals surface area contributed by atoms with Gasteiger partial charge in [0.25, 0.3) is 5.91 Å². The molecular formula is C21H23BrN2O3. The molecule has 3 rings (SSSR count). The second-order valence-electron chi connectivity index (χ2n) is 6.68. The number of aryl methyl sites for hydroxylation is 1. The number of carbonyl (C=O) groups excluding carboxylic acids is 1. The van der Waals surface area contributed by atoms with Crippen molar-refractivity contribution >= 4 is 32.8 Å². The minimum Gasteiger partial charge on any atom is -0.492 e. The molecule has 3 aromatic rings. The first-order valence-corrected chi connectivity index (χ1v) is 9.56. The maximum atomic E-state index is 12.6. The zero-order valence-electron chi connectivity index (χ0n) is 15.7. The molecule has 0 unspecified atom stereocenters. The number of likely N-dealkylation sites (N-methyl/N-ethyl adjacent to an activating group) is 1. The Labute approximate surface area is 167 Å². The molecule has 0 saturated heterocycles. The highest BCUT2D eigenvalue weighted by Crippen LogP contribution is 2.28. The highest BCUT2D eigenvalue weighted by atomic mass is 79.9. The first-order valence-electron chi connectivity index (χ1n) is 8.77. The van der Waals surface area contributed by atoms with Gasteiger partial charge in [-0.15, -0.1) is 0 Å². The van der Waals surface area contributed by atoms with Gasteiger partial charge in [-0.25, -0.2) is 0 Å². The Bertz CT molecular complexity index is 950. The van der Waals surface area contributed by atoms with Crippen LogP contribution in [0.5, 0.6) is 5.75 Å². The van der Waals surface area contributed by atoms with E-state index in [0.717, 1.165) is 33.3 Å². The van der Waals surface area contributed by atoms with Gasteiger partial charge in [-0.05, 0) is 56.9 Å². The molecule has 0 saturated carbocycles. The van der Waals surface area contributed by atoms with Crippen LogP contribution in [0, 0.1) is 6.92 Å². The van der Waals surface area contributed by atoms with Gasteiger partial charge in [0, 0.05) is 28.5 Å². The minimum absolute atomic E-state index is 0.223. The molecule has 0 bridgehead atoms. The maximum Gasteiger partial charge on any atom is 0.287 e. The molecule has 2 aromatic carbocycles. The molecule has 142 valence electrons. The van der Waals surface area contributed by atoms with Gasteiger partial charge in [0.05, 0.1) is 0 Å². The Hall–Kier alpha value is -2.31. The number of amides is 1. The van der Waals surface area contributed by atoms with Crippen LogP contribution in [0.3, 0.4) is 0 Å². The lowest BCUT2D eigenvalue weighted by Gasteiger charge is -2.12. The number of carbonyl (C=O) groups is 1. The number of hydrogen-bond donors (Lipinski definition) is 1. The number of benzene rings is 2. The number of nitrogens with zero attached hydrogens (tertiary/aromatic N) is 1. The van der Waals surface area contributed by atoms with Crippen LogP contribution in [-0.4, -0.2) is 38.1 Å². The number of furan rings is 1. The number of ether oxygens (including phenoxy) is 1. The summed E-state index contributed by atoms with van der Waals surface area (Å²) >= 11 is 3.45. The third-order valence-electron chi connectivity index (χ3n) is 4.26. The van der Waals surface area contributed by atoms with E-state index in [-0.39, 0.29) is 5.91 Å². The smallest absolute Gasteiger partial charge is 0.287 e. The van der Waals surface area contributed by atoms with Crippen molar-refractivity contribution in [1.29, 1.82) is 0 Å². The average molecular weight is 431 g/mol. The average Bonchev–Trinajstić information content (AvgIpc) is 2.96. The highest BCUT2D eigenvalue weighted by molar-refractivity contribution is 9.10. The number of rotatable bonds is 7. The topological polar surface area (TPSA) is 54.7 Å². The van der Waals surface area contributed by atoms with Crippen LogP contribution in [-0.2, 0) is 6.54 Å². The summed E-state index contributed by atoms with van der Waals surface area (Å²) in [6.07, 6.45) is 0. The third kappa shape index (κ3) is 4.90. The number of hydrogen-bond acceptors (Lipinski definition) is 4. The van der Waals surface area contributed by atoms with E-state index < -0.39 is 0 Å². The van der Waals surface area contributed by atoms with E-state index >= 15 is 0 Å². The Kier molecular flexibility index (Phi) is 6.19. The molecule has 0 aliphatic heterocycles. The molecule has 5 nitrogen and oxygen atoms in total. The molecular weight excluding hydrogens is 408 g/mol. The van der Waals surface area contributed by atoms with Crippen molar-refractivity contribution in [3.63, 3.8) is 0 Å². The fourth-order valence-electron chi connectivity index (χ4n) is 2.76. The van der Waals surface area contributed by atoms with Gasteiger partial charge in [-0.1, -0.05) is 28.1 Å². The molecule has 6 heteroatoms. The van der Waals surface area contributed by atoms with E-state index in [0.29, 0.717) is 24.5 Å². The molecule has 27 heavy (non-hydrogen) atoms. The Morgan fingerprint density at radius 3 is 2.81 bits per heavy atom. The minimum atomic E-state index is -0.223. The first-order chi connectivity index (χ1) is 12.9. The van der Waals surface area contributed by atoms with Crippen LogP contribution in [0.4, 0.5) is 0 Å². The Morgan fingerprint density at radius 2 is 2.04 bits per heavy atom. The standard InChI is InChI=1S/C21H23BrN2O3/c1-14-18-12-16(22)7-8-19(18)27-20(14)21(25)23-13-15-5-4-6-17(11-15)26-10-9-24(2)3/h4-8,11-12H,9-10,13H2,1-3H3,(H,23,25). The molecule has 0 spiro atoms. The lowest BCUT2D eigenvalue weighted by molar-refractivity contribution is 0.0924. The molecule has 1 aromatic heterocycles. The summed E-state index contributed by atoms with van der Waals surface area (Å²) in [6.45, 7) is 3.77. The summed E-state index contributed by atoms with van der Waals surface area (Å²) in [5, 5.41) is 3.86. The van der Waals surface area contributed by atoms with Crippen molar-refractivity contribution < 1.29 is 13.9 Å². The van der Waals surface area contributed by atoms with Crippen molar-refractivity contribution in [3.05, 3.63) is 63.8 Å². The van der Waals surface area contributed by atoms with Crippen molar-refractivity contribution in [3.8, 4) is 5.75 Å². The summed E-state index contributed by atoms with van der Waals surface area (Å²) in [6, 6.07) is 13.5. The largest absolute Gasteiger partial charge is 0.492 e. The Morgan fingerprint density at radius 1 is 1.22 bits per heavy atom. The second kappa shape index (κ2) is 8.59. The van der Waals surface area contributed by atoms with E-state index in [4.69, 9.17) is 9.15 Å². The van der Waals surface area contributed by atoms with Crippen LogP contribution in [0.1, 0.15) is 21.7 Å². The second-order valence-corrected chi connectivity index (χ2v) is 7.59. The number of halogens is 1. The lowest BCUT2D eigenvalue weighted by atomic mass is 10.1. The lowest BCUT2D eigenvalue weighted by Crippen LogP contribution is -2.23. The van der Waals surface area contributed by atoms with Crippen LogP contribution in [0.15, 0.2) is 51.4 Å². The van der Waals surface area contributed by atoms with E-state index in [2.05, 4.69) is 26.1 Å². The molecule has 0 atom stereocenters. The molecule has 1 heterocycles. The van der Waals surface area contributed by atoms with Gasteiger partial charge in [0.15, 0.2) is 5.76 Å². The predicted octanol–water partition coefficient (Wildman–Crippen LogP) is 4.37. The third-order valence-corrected chi connectivity index (χ3v) is 4.76. The van der Waals surface area contributed by atoms with Gasteiger partial charge in [0.2, 0.25) is 0 Å². The van der Waals surface area contributed by atoms with Crippen LogP contribution in [0.25, 0.3) is 11.0 Å². The van der Waals surface area contributed by atoms with Gasteiger partial charge in [-0.2, -0.15) is 0 Å². The molecule has 0 aliphatic carbocycles. The summed E-state index contributed by atoms with van der Waals surface area (Å²) in [5.41, 5.74) is 2.52. The van der Waals surface area contributed by atoms with Crippen LogP contribution in [0.2, 0.25) is 0 Å². The molecule has 0 fully saturated rings. The molecule has 0 radical (unpaired) electrons. The normalized spacial score (nSPS) is 11.1. The molecule has 1 N–H and O–H groups in total. The summed E-state index contributed by atoms with van der Waals surface area (Å²) < 4.78 is 12.4. The van der Waals surface area contributed by atoms with Crippen molar-refractivity contribution in [2.45, 2.75) is 13.5 Å². The maximum absolute atomic E-state index is 12.6. The predicted molar refractivity (Wildman–Crippen MR) is 110 cm³/mol. The van der Waals surface area contributed by atoms with E-state index in [9.17, 15) is 4.79 Å². The molecule has 1 amide bonds. The zero-order valence-corrected chi connectivity index (χ0v) is 17.3. The fraction of sp³-hybridized carbons (Fsp3) is 0.286. The highest BCUT2D eigenvalue weighted by Gasteiger charge is 2.17. The van der Waals surface area contributed by atoms with Crippen LogP contribution < -0.4 is 10.1 Å². The van der Waals surface area contributed by atoms with Gasteiger partial charge in [0.1, 0.15) is 17.9 Å². The quantitative estimate of drug-likeness (QED) is 0.604. The van der Waals surface area contributed by atoms with Crippen molar-refractivity contribution in [2.75, 3.05) is 27.2 Å². The first kappa shape index (κ1) is 19.5. The molecule has 0 aliphatic rings. The van der Waals surface area contributed by atoms with E-state index in [1.54, 1.807) is 0 Å². The monoisotopic (exact) mass is 430 g/mol.